The van der Waals surface area contributed by atoms with Gasteiger partial charge in [0, 0.05) is 7.05 Å². The van der Waals surface area contributed by atoms with Crippen molar-refractivity contribution in [2.75, 3.05) is 6.54 Å². The third-order valence-electron chi connectivity index (χ3n) is 3.19. The van der Waals surface area contributed by atoms with Crippen molar-refractivity contribution in [2.24, 2.45) is 7.05 Å². The van der Waals surface area contributed by atoms with Crippen molar-refractivity contribution in [3.8, 4) is 0 Å². The maximum Gasteiger partial charge on any atom is 0.416 e. The zero-order valence-corrected chi connectivity index (χ0v) is 11.9. The molecular formula is C14H17F3N4. The van der Waals surface area contributed by atoms with Gasteiger partial charge in [0.1, 0.15) is 0 Å². The summed E-state index contributed by atoms with van der Waals surface area (Å²) < 4.78 is 40.1. The minimum Gasteiger partial charge on any atom is -0.305 e. The largest absolute Gasteiger partial charge is 0.416 e. The molecule has 0 spiro atoms. The normalized spacial score (nSPS) is 13.4. The molecule has 0 saturated carbocycles. The Morgan fingerprint density at radius 1 is 1.33 bits per heavy atom. The van der Waals surface area contributed by atoms with Gasteiger partial charge in [-0.05, 0) is 30.7 Å². The first kappa shape index (κ1) is 15.5. The Morgan fingerprint density at radius 3 is 2.67 bits per heavy atom. The van der Waals surface area contributed by atoms with Gasteiger partial charge in [-0.15, -0.1) is 5.10 Å². The van der Waals surface area contributed by atoms with Crippen molar-refractivity contribution < 1.29 is 13.2 Å². The van der Waals surface area contributed by atoms with Gasteiger partial charge in [0.05, 0.1) is 23.5 Å². The van der Waals surface area contributed by atoms with Crippen molar-refractivity contribution in [2.45, 2.75) is 25.6 Å². The summed E-state index contributed by atoms with van der Waals surface area (Å²) >= 11 is 0. The molecule has 4 nitrogen and oxygen atoms in total. The van der Waals surface area contributed by atoms with Gasteiger partial charge in [-0.3, -0.25) is 4.68 Å². The van der Waals surface area contributed by atoms with Crippen molar-refractivity contribution >= 4 is 0 Å². The van der Waals surface area contributed by atoms with E-state index in [9.17, 15) is 13.2 Å². The van der Waals surface area contributed by atoms with Gasteiger partial charge < -0.3 is 5.32 Å². The van der Waals surface area contributed by atoms with Crippen LogP contribution in [0.5, 0.6) is 0 Å². The van der Waals surface area contributed by atoms with E-state index < -0.39 is 11.7 Å². The molecule has 114 valence electrons. The minimum atomic E-state index is -4.35. The molecule has 1 N–H and O–H groups in total. The fourth-order valence-electron chi connectivity index (χ4n) is 2.14. The molecule has 0 aliphatic carbocycles. The predicted octanol–water partition coefficient (Wildman–Crippen LogP) is 2.92. The van der Waals surface area contributed by atoms with Crippen molar-refractivity contribution in [3.05, 3.63) is 47.3 Å². The number of alkyl halides is 3. The van der Waals surface area contributed by atoms with Gasteiger partial charge >= 0.3 is 6.18 Å². The third-order valence-corrected chi connectivity index (χ3v) is 3.19. The molecule has 0 aliphatic heterocycles. The molecule has 0 radical (unpaired) electrons. The Bertz CT molecular complexity index is 592. The Kier molecular flexibility index (Phi) is 4.62. The third kappa shape index (κ3) is 3.60. The van der Waals surface area contributed by atoms with Gasteiger partial charge in [-0.2, -0.15) is 13.2 Å². The summed E-state index contributed by atoms with van der Waals surface area (Å²) in [5.41, 5.74) is 0.616. The number of nitrogens with one attached hydrogen (secondary N) is 1. The number of aromatic nitrogens is 3. The Morgan fingerprint density at radius 2 is 2.10 bits per heavy atom. The quantitative estimate of drug-likeness (QED) is 0.923. The molecule has 0 amide bonds. The zero-order chi connectivity index (χ0) is 15.5. The molecule has 1 heterocycles. The Hall–Kier alpha value is -1.89. The number of rotatable bonds is 5. The Labute approximate surface area is 121 Å². The molecule has 0 fully saturated rings. The minimum absolute atomic E-state index is 0.368. The van der Waals surface area contributed by atoms with E-state index in [-0.39, 0.29) is 6.04 Å². The van der Waals surface area contributed by atoms with Gasteiger partial charge in [-0.25, -0.2) is 0 Å². The van der Waals surface area contributed by atoms with E-state index in [1.807, 2.05) is 6.92 Å². The summed E-state index contributed by atoms with van der Waals surface area (Å²) in [4.78, 5) is 0. The van der Waals surface area contributed by atoms with Crippen LogP contribution in [-0.4, -0.2) is 21.5 Å². The van der Waals surface area contributed by atoms with Crippen LogP contribution in [0.4, 0.5) is 13.2 Å². The molecule has 1 aromatic carbocycles. The number of halogens is 3. The van der Waals surface area contributed by atoms with E-state index in [2.05, 4.69) is 15.6 Å². The second kappa shape index (κ2) is 6.26. The number of hydrogen-bond donors (Lipinski definition) is 1. The van der Waals surface area contributed by atoms with E-state index >= 15 is 0 Å². The lowest BCUT2D eigenvalue weighted by Gasteiger charge is -2.20. The molecule has 1 atom stereocenters. The van der Waals surface area contributed by atoms with Crippen molar-refractivity contribution in [1.82, 2.24) is 20.3 Å². The average molecular weight is 298 g/mol. The van der Waals surface area contributed by atoms with Crippen LogP contribution in [0, 0.1) is 0 Å². The van der Waals surface area contributed by atoms with Crippen molar-refractivity contribution in [1.29, 1.82) is 0 Å². The van der Waals surface area contributed by atoms with Crippen LogP contribution in [0.25, 0.3) is 0 Å². The summed E-state index contributed by atoms with van der Waals surface area (Å²) in [5, 5.41) is 10.9. The second-order valence-electron chi connectivity index (χ2n) is 4.79. The lowest BCUT2D eigenvalue weighted by Crippen LogP contribution is -2.25. The van der Waals surface area contributed by atoms with E-state index in [0.717, 1.165) is 18.2 Å². The van der Waals surface area contributed by atoms with Gasteiger partial charge in [0.15, 0.2) is 0 Å². The smallest absolute Gasteiger partial charge is 0.305 e. The molecule has 1 unspecified atom stereocenters. The molecular weight excluding hydrogens is 281 g/mol. The summed E-state index contributed by atoms with van der Waals surface area (Å²) in [6.45, 7) is 2.68. The van der Waals surface area contributed by atoms with Gasteiger partial charge in [0.2, 0.25) is 0 Å². The van der Waals surface area contributed by atoms with Crippen LogP contribution in [0.15, 0.2) is 30.5 Å². The summed E-state index contributed by atoms with van der Waals surface area (Å²) in [6.07, 6.45) is -1.91. The highest BCUT2D eigenvalue weighted by atomic mass is 19.4. The highest BCUT2D eigenvalue weighted by Crippen LogP contribution is 2.31. The van der Waals surface area contributed by atoms with E-state index in [1.54, 1.807) is 24.0 Å². The topological polar surface area (TPSA) is 42.7 Å². The summed E-state index contributed by atoms with van der Waals surface area (Å²) in [7, 11) is 1.72. The first-order valence-electron chi connectivity index (χ1n) is 6.68. The van der Waals surface area contributed by atoms with Crippen LogP contribution >= 0.6 is 0 Å². The number of nitrogens with zero attached hydrogens (tertiary/aromatic N) is 3. The molecule has 7 heteroatoms. The first-order chi connectivity index (χ1) is 9.93. The van der Waals surface area contributed by atoms with Crippen LogP contribution in [0.1, 0.15) is 36.2 Å². The van der Waals surface area contributed by atoms with Gasteiger partial charge in [0.25, 0.3) is 0 Å². The van der Waals surface area contributed by atoms with Crippen LogP contribution in [0.2, 0.25) is 0 Å². The number of benzene rings is 1. The summed E-state index contributed by atoms with van der Waals surface area (Å²) in [6, 6.07) is 4.97. The fourth-order valence-corrected chi connectivity index (χ4v) is 2.14. The van der Waals surface area contributed by atoms with Crippen LogP contribution < -0.4 is 5.32 Å². The van der Waals surface area contributed by atoms with Crippen LogP contribution in [0.3, 0.4) is 0 Å². The summed E-state index contributed by atoms with van der Waals surface area (Å²) in [5.74, 6) is 0. The van der Waals surface area contributed by atoms with Gasteiger partial charge in [-0.1, -0.05) is 24.3 Å². The molecule has 2 rings (SSSR count). The molecule has 2 aromatic rings. The van der Waals surface area contributed by atoms with E-state index in [4.69, 9.17) is 0 Å². The molecule has 21 heavy (non-hydrogen) atoms. The highest BCUT2D eigenvalue weighted by Gasteiger charge is 2.31. The molecule has 1 aromatic heterocycles. The van der Waals surface area contributed by atoms with Crippen LogP contribution in [-0.2, 0) is 13.2 Å². The van der Waals surface area contributed by atoms with Crippen molar-refractivity contribution in [3.63, 3.8) is 0 Å². The van der Waals surface area contributed by atoms with E-state index in [1.165, 1.54) is 12.1 Å². The maximum atomic E-state index is 12.9. The zero-order valence-electron chi connectivity index (χ0n) is 11.9. The molecule has 0 saturated heterocycles. The molecule has 0 bridgehead atoms. The lowest BCUT2D eigenvalue weighted by atomic mass is 10.0. The maximum absolute atomic E-state index is 12.9. The standard InChI is InChI=1S/C14H17F3N4/c1-3-7-18-13(12-9-19-20-21(12)2)10-5-4-6-11(8-10)14(15,16)17/h4-6,8-9,13,18H,3,7H2,1-2H3. The average Bonchev–Trinajstić information content (AvgIpc) is 2.85. The SMILES string of the molecule is CCCNC(c1cccc(C(F)(F)F)c1)c1cnnn1C. The highest BCUT2D eigenvalue weighted by molar-refractivity contribution is 5.32. The number of aryl methyl sites for hydroxylation is 1. The number of hydrogen-bond acceptors (Lipinski definition) is 3. The monoisotopic (exact) mass is 298 g/mol. The van der Waals surface area contributed by atoms with E-state index in [0.29, 0.717) is 12.1 Å². The second-order valence-corrected chi connectivity index (χ2v) is 4.79. The predicted molar refractivity (Wildman–Crippen MR) is 72.6 cm³/mol. The first-order valence-corrected chi connectivity index (χ1v) is 6.68. The Balaban J connectivity index is 2.40. The molecule has 0 aliphatic rings. The lowest BCUT2D eigenvalue weighted by molar-refractivity contribution is -0.137. The fraction of sp³-hybridized carbons (Fsp3) is 0.429.